The Bertz CT molecular complexity index is 864. The SMILES string of the molecule is COc1ccc(OC)c([C@H](C)NC(=O)CN2CCN(C(=O)c3ccccc3)CC2)c1. The molecular formula is C23H29N3O4. The second kappa shape index (κ2) is 10.1. The molecule has 7 heteroatoms. The van der Waals surface area contributed by atoms with Gasteiger partial charge in [-0.05, 0) is 37.3 Å². The summed E-state index contributed by atoms with van der Waals surface area (Å²) in [6.45, 7) is 4.78. The van der Waals surface area contributed by atoms with Crippen molar-refractivity contribution in [3.63, 3.8) is 0 Å². The van der Waals surface area contributed by atoms with Gasteiger partial charge in [-0.1, -0.05) is 18.2 Å². The third-order valence-corrected chi connectivity index (χ3v) is 5.33. The van der Waals surface area contributed by atoms with Crippen LogP contribution in [-0.2, 0) is 4.79 Å². The number of ether oxygens (including phenoxy) is 2. The van der Waals surface area contributed by atoms with E-state index < -0.39 is 0 Å². The van der Waals surface area contributed by atoms with E-state index in [1.165, 1.54) is 0 Å². The van der Waals surface area contributed by atoms with E-state index in [0.717, 1.165) is 5.56 Å². The third kappa shape index (κ3) is 5.30. The lowest BCUT2D eigenvalue weighted by molar-refractivity contribution is -0.123. The van der Waals surface area contributed by atoms with Crippen LogP contribution in [-0.4, -0.2) is 68.6 Å². The van der Waals surface area contributed by atoms with E-state index in [-0.39, 0.29) is 17.9 Å². The number of nitrogens with zero attached hydrogens (tertiary/aromatic N) is 2. The molecular weight excluding hydrogens is 382 g/mol. The number of piperazine rings is 1. The van der Waals surface area contributed by atoms with Crippen LogP contribution in [0.15, 0.2) is 48.5 Å². The van der Waals surface area contributed by atoms with Crippen molar-refractivity contribution >= 4 is 11.8 Å². The maximum atomic E-state index is 12.6. The first-order valence-electron chi connectivity index (χ1n) is 10.1. The van der Waals surface area contributed by atoms with Crippen LogP contribution in [0.2, 0.25) is 0 Å². The Balaban J connectivity index is 1.51. The first kappa shape index (κ1) is 21.6. The zero-order valence-corrected chi connectivity index (χ0v) is 17.8. The van der Waals surface area contributed by atoms with Gasteiger partial charge in [-0.3, -0.25) is 14.5 Å². The molecule has 0 aromatic heterocycles. The summed E-state index contributed by atoms with van der Waals surface area (Å²) in [5.41, 5.74) is 1.56. The number of hydrogen-bond donors (Lipinski definition) is 1. The van der Waals surface area contributed by atoms with Gasteiger partial charge in [0.25, 0.3) is 5.91 Å². The highest BCUT2D eigenvalue weighted by atomic mass is 16.5. The van der Waals surface area contributed by atoms with E-state index in [2.05, 4.69) is 10.2 Å². The molecule has 1 aliphatic heterocycles. The van der Waals surface area contributed by atoms with Crippen molar-refractivity contribution in [3.8, 4) is 11.5 Å². The van der Waals surface area contributed by atoms with Gasteiger partial charge in [-0.2, -0.15) is 0 Å². The van der Waals surface area contributed by atoms with Crippen molar-refractivity contribution in [2.75, 3.05) is 46.9 Å². The van der Waals surface area contributed by atoms with Crippen molar-refractivity contribution in [3.05, 3.63) is 59.7 Å². The van der Waals surface area contributed by atoms with E-state index in [1.54, 1.807) is 14.2 Å². The fourth-order valence-electron chi connectivity index (χ4n) is 3.62. The average molecular weight is 412 g/mol. The zero-order chi connectivity index (χ0) is 21.5. The molecule has 0 aliphatic carbocycles. The average Bonchev–Trinajstić information content (AvgIpc) is 2.79. The van der Waals surface area contributed by atoms with Crippen molar-refractivity contribution in [2.45, 2.75) is 13.0 Å². The highest BCUT2D eigenvalue weighted by molar-refractivity contribution is 5.94. The normalized spacial score (nSPS) is 15.4. The molecule has 160 valence electrons. The first-order valence-corrected chi connectivity index (χ1v) is 10.1. The summed E-state index contributed by atoms with van der Waals surface area (Å²) in [6.07, 6.45) is 0. The van der Waals surface area contributed by atoms with Gasteiger partial charge < -0.3 is 19.7 Å². The second-order valence-corrected chi connectivity index (χ2v) is 7.33. The number of methoxy groups -OCH3 is 2. The molecule has 2 aromatic rings. The van der Waals surface area contributed by atoms with Crippen LogP contribution >= 0.6 is 0 Å². The number of hydrogen-bond acceptors (Lipinski definition) is 5. The van der Waals surface area contributed by atoms with E-state index in [9.17, 15) is 9.59 Å². The van der Waals surface area contributed by atoms with Crippen LogP contribution in [0.4, 0.5) is 0 Å². The van der Waals surface area contributed by atoms with Crippen LogP contribution in [0.5, 0.6) is 11.5 Å². The number of amides is 2. The van der Waals surface area contributed by atoms with Crippen LogP contribution in [0, 0.1) is 0 Å². The minimum absolute atomic E-state index is 0.0402. The summed E-state index contributed by atoms with van der Waals surface area (Å²) in [6, 6.07) is 14.6. The predicted molar refractivity (Wildman–Crippen MR) is 115 cm³/mol. The molecule has 1 N–H and O–H groups in total. The van der Waals surface area contributed by atoms with E-state index in [1.807, 2.05) is 60.4 Å². The standard InChI is InChI=1S/C23H29N3O4/c1-17(20-15-19(29-2)9-10-21(20)30-3)24-22(27)16-25-11-13-26(14-12-25)23(28)18-7-5-4-6-8-18/h4-10,15,17H,11-14,16H2,1-3H3,(H,24,27)/t17-/m0/s1. The summed E-state index contributed by atoms with van der Waals surface area (Å²) in [7, 11) is 3.22. The Morgan fingerprint density at radius 1 is 1.00 bits per heavy atom. The Hall–Kier alpha value is -3.06. The van der Waals surface area contributed by atoms with Crippen molar-refractivity contribution < 1.29 is 19.1 Å². The molecule has 0 radical (unpaired) electrons. The van der Waals surface area contributed by atoms with Crippen LogP contribution in [0.3, 0.4) is 0 Å². The zero-order valence-electron chi connectivity index (χ0n) is 17.8. The number of carbonyl (C=O) groups excluding carboxylic acids is 2. The van der Waals surface area contributed by atoms with Crippen LogP contribution in [0.25, 0.3) is 0 Å². The van der Waals surface area contributed by atoms with Gasteiger partial charge in [0.15, 0.2) is 0 Å². The number of benzene rings is 2. The Morgan fingerprint density at radius 3 is 2.33 bits per heavy atom. The van der Waals surface area contributed by atoms with Gasteiger partial charge in [-0.15, -0.1) is 0 Å². The van der Waals surface area contributed by atoms with Gasteiger partial charge >= 0.3 is 0 Å². The smallest absolute Gasteiger partial charge is 0.253 e. The minimum atomic E-state index is -0.219. The predicted octanol–water partition coefficient (Wildman–Crippen LogP) is 2.34. The summed E-state index contributed by atoms with van der Waals surface area (Å²) >= 11 is 0. The lowest BCUT2D eigenvalue weighted by Crippen LogP contribution is -2.51. The topological polar surface area (TPSA) is 71.1 Å². The van der Waals surface area contributed by atoms with Crippen molar-refractivity contribution in [1.29, 1.82) is 0 Å². The van der Waals surface area contributed by atoms with Crippen molar-refractivity contribution in [2.24, 2.45) is 0 Å². The third-order valence-electron chi connectivity index (χ3n) is 5.33. The second-order valence-electron chi connectivity index (χ2n) is 7.33. The molecule has 1 fully saturated rings. The monoisotopic (exact) mass is 411 g/mol. The van der Waals surface area contributed by atoms with Crippen LogP contribution < -0.4 is 14.8 Å². The molecule has 7 nitrogen and oxygen atoms in total. The van der Waals surface area contributed by atoms with Gasteiger partial charge in [-0.25, -0.2) is 0 Å². The van der Waals surface area contributed by atoms with Gasteiger partial charge in [0.1, 0.15) is 11.5 Å². The molecule has 1 atom stereocenters. The lowest BCUT2D eigenvalue weighted by Gasteiger charge is -2.34. The molecule has 0 unspecified atom stereocenters. The molecule has 2 amide bonds. The van der Waals surface area contributed by atoms with Crippen molar-refractivity contribution in [1.82, 2.24) is 15.1 Å². The van der Waals surface area contributed by atoms with E-state index >= 15 is 0 Å². The summed E-state index contributed by atoms with van der Waals surface area (Å²) < 4.78 is 10.7. The summed E-state index contributed by atoms with van der Waals surface area (Å²) in [5, 5.41) is 3.03. The lowest BCUT2D eigenvalue weighted by atomic mass is 10.1. The highest BCUT2D eigenvalue weighted by Gasteiger charge is 2.24. The van der Waals surface area contributed by atoms with E-state index in [4.69, 9.17) is 9.47 Å². The summed E-state index contributed by atoms with van der Waals surface area (Å²) in [4.78, 5) is 29.0. The van der Waals surface area contributed by atoms with Crippen LogP contribution in [0.1, 0.15) is 28.9 Å². The Morgan fingerprint density at radius 2 is 1.70 bits per heavy atom. The van der Waals surface area contributed by atoms with Gasteiger partial charge in [0, 0.05) is 37.3 Å². The minimum Gasteiger partial charge on any atom is -0.497 e. The van der Waals surface area contributed by atoms with Gasteiger partial charge in [0.2, 0.25) is 5.91 Å². The largest absolute Gasteiger partial charge is 0.497 e. The number of nitrogens with one attached hydrogen (secondary N) is 1. The molecule has 0 bridgehead atoms. The maximum Gasteiger partial charge on any atom is 0.253 e. The van der Waals surface area contributed by atoms with E-state index in [0.29, 0.717) is 49.8 Å². The van der Waals surface area contributed by atoms with Gasteiger partial charge in [0.05, 0.1) is 26.8 Å². The molecule has 2 aromatic carbocycles. The number of carbonyl (C=O) groups is 2. The first-order chi connectivity index (χ1) is 14.5. The molecule has 1 heterocycles. The molecule has 0 saturated carbocycles. The quantitative estimate of drug-likeness (QED) is 0.757. The molecule has 0 spiro atoms. The fourth-order valence-corrected chi connectivity index (χ4v) is 3.62. The maximum absolute atomic E-state index is 12.6. The highest BCUT2D eigenvalue weighted by Crippen LogP contribution is 2.29. The summed E-state index contributed by atoms with van der Waals surface area (Å²) in [5.74, 6) is 1.40. The Labute approximate surface area is 177 Å². The molecule has 1 saturated heterocycles. The molecule has 30 heavy (non-hydrogen) atoms. The molecule has 1 aliphatic rings. The number of rotatable bonds is 7. The fraction of sp³-hybridized carbons (Fsp3) is 0.391. The Kier molecular flexibility index (Phi) is 7.30. The molecule has 3 rings (SSSR count).